The molecular weight excluding hydrogens is 156 g/mol. The van der Waals surface area contributed by atoms with Gasteiger partial charge in [0.25, 0.3) is 0 Å². The third-order valence-corrected chi connectivity index (χ3v) is 2.19. The Kier molecular flexibility index (Phi) is 3.05. The molecule has 0 bridgehead atoms. The summed E-state index contributed by atoms with van der Waals surface area (Å²) in [7, 11) is 1.69. The van der Waals surface area contributed by atoms with E-state index in [9.17, 15) is 4.79 Å². The molecule has 4 nitrogen and oxygen atoms in total. The third kappa shape index (κ3) is 2.19. The summed E-state index contributed by atoms with van der Waals surface area (Å²) >= 11 is 0. The Morgan fingerprint density at radius 2 is 2.25 bits per heavy atom. The number of hydrogen-bond acceptors (Lipinski definition) is 3. The van der Waals surface area contributed by atoms with Crippen molar-refractivity contribution in [3.05, 3.63) is 0 Å². The second-order valence-electron chi connectivity index (χ2n) is 3.32. The molecule has 0 heterocycles. The van der Waals surface area contributed by atoms with Crippen molar-refractivity contribution in [3.8, 4) is 0 Å². The summed E-state index contributed by atoms with van der Waals surface area (Å²) in [6, 6.07) is -0.139. The third-order valence-electron chi connectivity index (χ3n) is 2.19. The maximum Gasteiger partial charge on any atom is 0.236 e. The molecule has 0 aromatic heterocycles. The van der Waals surface area contributed by atoms with Crippen LogP contribution in [-0.4, -0.2) is 31.2 Å². The number of rotatable bonds is 3. The summed E-state index contributed by atoms with van der Waals surface area (Å²) < 4.78 is 5.08. The number of carbonyl (C=O) groups is 1. The van der Waals surface area contributed by atoms with Gasteiger partial charge in [-0.1, -0.05) is 0 Å². The highest BCUT2D eigenvalue weighted by atomic mass is 16.5. The first kappa shape index (κ1) is 9.48. The summed E-state index contributed by atoms with van der Waals surface area (Å²) in [5.41, 5.74) is 5.39. The van der Waals surface area contributed by atoms with Gasteiger partial charge in [-0.05, 0) is 19.8 Å². The summed E-state index contributed by atoms with van der Waals surface area (Å²) in [5.74, 6) is -0.0745. The Labute approximate surface area is 72.5 Å². The molecule has 0 aromatic rings. The van der Waals surface area contributed by atoms with Crippen LogP contribution in [0.25, 0.3) is 0 Å². The van der Waals surface area contributed by atoms with Gasteiger partial charge >= 0.3 is 0 Å². The van der Waals surface area contributed by atoms with Gasteiger partial charge in [0.1, 0.15) is 0 Å². The van der Waals surface area contributed by atoms with Crippen LogP contribution in [-0.2, 0) is 9.53 Å². The lowest BCUT2D eigenvalue weighted by Gasteiger charge is -2.34. The van der Waals surface area contributed by atoms with Crippen LogP contribution in [0.1, 0.15) is 19.8 Å². The molecule has 1 aliphatic rings. The van der Waals surface area contributed by atoms with E-state index in [0.717, 1.165) is 12.8 Å². The predicted octanol–water partition coefficient (Wildman–Crippen LogP) is -0.373. The Morgan fingerprint density at radius 1 is 1.67 bits per heavy atom. The van der Waals surface area contributed by atoms with Crippen molar-refractivity contribution >= 4 is 5.91 Å². The van der Waals surface area contributed by atoms with E-state index >= 15 is 0 Å². The fourth-order valence-corrected chi connectivity index (χ4v) is 1.21. The minimum atomic E-state index is -0.411. The molecule has 3 N–H and O–H groups in total. The largest absolute Gasteiger partial charge is 0.381 e. The van der Waals surface area contributed by atoms with Crippen molar-refractivity contribution in [3.63, 3.8) is 0 Å². The molecule has 1 aliphatic carbocycles. The maximum atomic E-state index is 11.1. The summed E-state index contributed by atoms with van der Waals surface area (Å²) in [6.07, 6.45) is 2.15. The van der Waals surface area contributed by atoms with Gasteiger partial charge in [-0.2, -0.15) is 0 Å². The Hall–Kier alpha value is -0.610. The summed E-state index contributed by atoms with van der Waals surface area (Å²) in [6.45, 7) is 1.68. The Morgan fingerprint density at radius 3 is 2.67 bits per heavy atom. The van der Waals surface area contributed by atoms with E-state index in [4.69, 9.17) is 10.5 Å². The van der Waals surface area contributed by atoms with E-state index < -0.39 is 6.04 Å². The number of ether oxygens (including phenoxy) is 1. The minimum Gasteiger partial charge on any atom is -0.381 e. The molecule has 0 spiro atoms. The SMILES string of the molecule is COC1CC(NC(=O)[C@@H](C)N)C1. The first-order valence-electron chi connectivity index (χ1n) is 4.22. The maximum absolute atomic E-state index is 11.1. The van der Waals surface area contributed by atoms with Gasteiger partial charge in [0.15, 0.2) is 0 Å². The molecule has 0 aromatic carbocycles. The molecule has 12 heavy (non-hydrogen) atoms. The van der Waals surface area contributed by atoms with Gasteiger partial charge < -0.3 is 15.8 Å². The lowest BCUT2D eigenvalue weighted by atomic mass is 9.89. The quantitative estimate of drug-likeness (QED) is 0.610. The van der Waals surface area contributed by atoms with Gasteiger partial charge in [-0.25, -0.2) is 0 Å². The van der Waals surface area contributed by atoms with Gasteiger partial charge in [0, 0.05) is 13.2 Å². The standard InChI is InChI=1S/C8H16N2O2/c1-5(9)8(11)10-6-3-7(4-6)12-2/h5-7H,3-4,9H2,1-2H3,(H,10,11)/t5-,6?,7?/m1/s1. The van der Waals surface area contributed by atoms with Crippen molar-refractivity contribution in [1.82, 2.24) is 5.32 Å². The number of hydrogen-bond donors (Lipinski definition) is 2. The molecule has 1 amide bonds. The van der Waals surface area contributed by atoms with Crippen LogP contribution in [0.15, 0.2) is 0 Å². The normalized spacial score (nSPS) is 30.6. The van der Waals surface area contributed by atoms with E-state index in [0.29, 0.717) is 6.10 Å². The van der Waals surface area contributed by atoms with Gasteiger partial charge in [0.05, 0.1) is 12.1 Å². The molecular formula is C8H16N2O2. The first-order valence-corrected chi connectivity index (χ1v) is 4.22. The van der Waals surface area contributed by atoms with Crippen molar-refractivity contribution in [2.24, 2.45) is 5.73 Å². The average Bonchev–Trinajstić information content (AvgIpc) is 1.94. The molecule has 1 rings (SSSR count). The Bertz CT molecular complexity index is 164. The van der Waals surface area contributed by atoms with E-state index in [1.54, 1.807) is 14.0 Å². The fraction of sp³-hybridized carbons (Fsp3) is 0.875. The minimum absolute atomic E-state index is 0.0745. The van der Waals surface area contributed by atoms with Crippen molar-refractivity contribution in [2.45, 2.75) is 38.0 Å². The molecule has 70 valence electrons. The van der Waals surface area contributed by atoms with E-state index in [-0.39, 0.29) is 11.9 Å². The molecule has 0 unspecified atom stereocenters. The molecule has 1 saturated carbocycles. The molecule has 1 fully saturated rings. The number of nitrogens with two attached hydrogens (primary N) is 1. The molecule has 4 heteroatoms. The molecule has 0 aliphatic heterocycles. The van der Waals surface area contributed by atoms with Crippen LogP contribution < -0.4 is 11.1 Å². The topological polar surface area (TPSA) is 64.3 Å². The summed E-state index contributed by atoms with van der Waals surface area (Å²) in [5, 5.41) is 2.84. The highest BCUT2D eigenvalue weighted by Gasteiger charge is 2.30. The first-order chi connectivity index (χ1) is 5.63. The lowest BCUT2D eigenvalue weighted by Crippen LogP contribution is -2.51. The van der Waals surface area contributed by atoms with Gasteiger partial charge in [0.2, 0.25) is 5.91 Å². The van der Waals surface area contributed by atoms with Crippen LogP contribution in [0.2, 0.25) is 0 Å². The zero-order valence-electron chi connectivity index (χ0n) is 7.54. The predicted molar refractivity (Wildman–Crippen MR) is 45.6 cm³/mol. The highest BCUT2D eigenvalue weighted by Crippen LogP contribution is 2.22. The number of methoxy groups -OCH3 is 1. The molecule has 0 saturated heterocycles. The van der Waals surface area contributed by atoms with E-state index in [1.165, 1.54) is 0 Å². The van der Waals surface area contributed by atoms with Crippen LogP contribution in [0.3, 0.4) is 0 Å². The monoisotopic (exact) mass is 172 g/mol. The second-order valence-corrected chi connectivity index (χ2v) is 3.32. The van der Waals surface area contributed by atoms with Crippen LogP contribution in [0.4, 0.5) is 0 Å². The molecule has 1 atom stereocenters. The van der Waals surface area contributed by atoms with Crippen LogP contribution in [0.5, 0.6) is 0 Å². The average molecular weight is 172 g/mol. The number of amides is 1. The van der Waals surface area contributed by atoms with Crippen LogP contribution in [0, 0.1) is 0 Å². The number of carbonyl (C=O) groups excluding carboxylic acids is 1. The van der Waals surface area contributed by atoms with Gasteiger partial charge in [-0.15, -0.1) is 0 Å². The fourth-order valence-electron chi connectivity index (χ4n) is 1.21. The van der Waals surface area contributed by atoms with Crippen molar-refractivity contribution < 1.29 is 9.53 Å². The van der Waals surface area contributed by atoms with E-state index in [2.05, 4.69) is 5.32 Å². The second kappa shape index (κ2) is 3.87. The van der Waals surface area contributed by atoms with Crippen molar-refractivity contribution in [1.29, 1.82) is 0 Å². The summed E-state index contributed by atoms with van der Waals surface area (Å²) in [4.78, 5) is 11.1. The van der Waals surface area contributed by atoms with Crippen molar-refractivity contribution in [2.75, 3.05) is 7.11 Å². The smallest absolute Gasteiger partial charge is 0.236 e. The van der Waals surface area contributed by atoms with Gasteiger partial charge in [-0.3, -0.25) is 4.79 Å². The zero-order chi connectivity index (χ0) is 9.14. The van der Waals surface area contributed by atoms with Crippen LogP contribution >= 0.6 is 0 Å². The Balaban J connectivity index is 2.14. The molecule has 0 radical (unpaired) electrons. The number of nitrogens with one attached hydrogen (secondary N) is 1. The lowest BCUT2D eigenvalue weighted by molar-refractivity contribution is -0.124. The highest BCUT2D eigenvalue weighted by molar-refractivity contribution is 5.81. The van der Waals surface area contributed by atoms with E-state index in [1.807, 2.05) is 0 Å². The zero-order valence-corrected chi connectivity index (χ0v) is 7.54.